The summed E-state index contributed by atoms with van der Waals surface area (Å²) in [6.07, 6.45) is -3.61. The molecule has 0 unspecified atom stereocenters. The fourth-order valence-electron chi connectivity index (χ4n) is 1.45. The molecular weight excluding hydrogens is 273 g/mol. The second-order valence-corrected chi connectivity index (χ2v) is 3.72. The van der Waals surface area contributed by atoms with Crippen LogP contribution in [0.25, 0.3) is 0 Å². The van der Waals surface area contributed by atoms with E-state index in [1.807, 2.05) is 0 Å². The van der Waals surface area contributed by atoms with Gasteiger partial charge in [0.25, 0.3) is 5.91 Å². The van der Waals surface area contributed by atoms with Crippen LogP contribution in [0.2, 0.25) is 0 Å². The molecule has 2 rings (SSSR count). The largest absolute Gasteiger partial charge is 0.484 e. The molecule has 0 radical (unpaired) electrons. The normalized spacial score (nSPS) is 10.9. The molecule has 104 valence electrons. The van der Waals surface area contributed by atoms with Crippen LogP contribution in [-0.4, -0.2) is 17.2 Å². The van der Waals surface area contributed by atoms with E-state index in [1.54, 1.807) is 30.3 Å². The van der Waals surface area contributed by atoms with E-state index in [0.717, 1.165) is 5.32 Å². The Labute approximate surface area is 112 Å². The van der Waals surface area contributed by atoms with Gasteiger partial charge in [-0.3, -0.25) is 10.1 Å². The summed E-state index contributed by atoms with van der Waals surface area (Å²) >= 11 is 0. The van der Waals surface area contributed by atoms with E-state index in [2.05, 4.69) is 4.98 Å². The number of benzene rings is 1. The van der Waals surface area contributed by atoms with Crippen LogP contribution < -0.4 is 10.1 Å². The highest BCUT2D eigenvalue weighted by atomic mass is 19.4. The third-order valence-corrected chi connectivity index (χ3v) is 2.21. The van der Waals surface area contributed by atoms with E-state index in [9.17, 15) is 18.0 Å². The lowest BCUT2D eigenvalue weighted by molar-refractivity contribution is -0.146. The van der Waals surface area contributed by atoms with Crippen molar-refractivity contribution in [2.75, 3.05) is 0 Å². The fourth-order valence-corrected chi connectivity index (χ4v) is 1.45. The van der Waals surface area contributed by atoms with Crippen molar-refractivity contribution in [2.45, 2.75) is 6.30 Å². The van der Waals surface area contributed by atoms with Gasteiger partial charge in [0.1, 0.15) is 5.75 Å². The van der Waals surface area contributed by atoms with Crippen LogP contribution in [-0.2, 0) is 0 Å². The summed E-state index contributed by atoms with van der Waals surface area (Å²) in [5.74, 6) is -1.04. The number of nitrogens with one attached hydrogen (secondary N) is 1. The van der Waals surface area contributed by atoms with Gasteiger partial charge in [-0.05, 0) is 24.3 Å². The first kappa shape index (κ1) is 13.9. The Hall–Kier alpha value is -2.57. The average Bonchev–Trinajstić information content (AvgIpc) is 2.38. The summed E-state index contributed by atoms with van der Waals surface area (Å²) in [6.45, 7) is 0. The quantitative estimate of drug-likeness (QED) is 0.880. The maximum absolute atomic E-state index is 12.1. The second kappa shape index (κ2) is 5.60. The van der Waals surface area contributed by atoms with Gasteiger partial charge < -0.3 is 4.74 Å². The highest BCUT2D eigenvalue weighted by Gasteiger charge is 2.32. The molecule has 7 heteroatoms. The van der Waals surface area contributed by atoms with Crippen LogP contribution in [0.3, 0.4) is 0 Å². The van der Waals surface area contributed by atoms with Crippen molar-refractivity contribution in [1.82, 2.24) is 10.3 Å². The number of carbonyl (C=O) groups excluding carboxylic acids is 1. The van der Waals surface area contributed by atoms with E-state index in [0.29, 0.717) is 5.75 Å². The van der Waals surface area contributed by atoms with Crippen LogP contribution in [0.15, 0.2) is 48.7 Å². The molecule has 4 nitrogen and oxygen atoms in total. The molecular formula is C13H9F3N2O2. The Balaban J connectivity index is 2.25. The zero-order valence-corrected chi connectivity index (χ0v) is 10.0. The molecule has 0 aliphatic heterocycles. The van der Waals surface area contributed by atoms with Gasteiger partial charge in [-0.25, -0.2) is 4.98 Å². The van der Waals surface area contributed by atoms with Crippen LogP contribution in [0, 0.1) is 0 Å². The van der Waals surface area contributed by atoms with Crippen molar-refractivity contribution < 1.29 is 22.7 Å². The van der Waals surface area contributed by atoms with Gasteiger partial charge in [0, 0.05) is 6.20 Å². The molecule has 0 saturated carbocycles. The van der Waals surface area contributed by atoms with Crippen molar-refractivity contribution >= 4 is 5.91 Å². The molecule has 0 aliphatic rings. The summed E-state index contributed by atoms with van der Waals surface area (Å²) in [4.78, 5) is 15.1. The standard InChI is InChI=1S/C13H9F3N2O2/c14-13(15,16)18-12(19)11-10(7-4-8-17-11)20-9-5-2-1-3-6-9/h1-8H,(H,18,19). The molecule has 2 aromatic rings. The number of hydrogen-bond acceptors (Lipinski definition) is 3. The first-order chi connectivity index (χ1) is 9.46. The van der Waals surface area contributed by atoms with Gasteiger partial charge in [0.05, 0.1) is 0 Å². The third-order valence-electron chi connectivity index (χ3n) is 2.21. The first-order valence-electron chi connectivity index (χ1n) is 5.53. The van der Waals surface area contributed by atoms with Crippen LogP contribution >= 0.6 is 0 Å². The predicted octanol–water partition coefficient (Wildman–Crippen LogP) is 3.12. The number of hydrogen-bond donors (Lipinski definition) is 1. The average molecular weight is 282 g/mol. The minimum atomic E-state index is -4.82. The number of ether oxygens (including phenoxy) is 1. The molecule has 1 heterocycles. The van der Waals surface area contributed by atoms with E-state index < -0.39 is 17.9 Å². The highest BCUT2D eigenvalue weighted by molar-refractivity contribution is 5.95. The number of aromatic nitrogens is 1. The molecule has 20 heavy (non-hydrogen) atoms. The number of pyridine rings is 1. The van der Waals surface area contributed by atoms with Crippen LogP contribution in [0.1, 0.15) is 10.5 Å². The lowest BCUT2D eigenvalue weighted by Crippen LogP contribution is -2.37. The monoisotopic (exact) mass is 282 g/mol. The molecule has 0 spiro atoms. The molecule has 1 aromatic carbocycles. The zero-order valence-electron chi connectivity index (χ0n) is 10.0. The molecule has 1 N–H and O–H groups in total. The second-order valence-electron chi connectivity index (χ2n) is 3.72. The van der Waals surface area contributed by atoms with Gasteiger partial charge in [0.2, 0.25) is 0 Å². The van der Waals surface area contributed by atoms with Crippen molar-refractivity contribution in [3.8, 4) is 11.5 Å². The number of nitrogens with zero attached hydrogens (tertiary/aromatic N) is 1. The lowest BCUT2D eigenvalue weighted by Gasteiger charge is -2.11. The molecule has 1 aromatic heterocycles. The molecule has 0 aliphatic carbocycles. The van der Waals surface area contributed by atoms with E-state index in [4.69, 9.17) is 4.74 Å². The first-order valence-corrected chi connectivity index (χ1v) is 5.53. The van der Waals surface area contributed by atoms with Gasteiger partial charge in [-0.15, -0.1) is 0 Å². The maximum Gasteiger partial charge on any atom is 0.484 e. The third kappa shape index (κ3) is 3.71. The highest BCUT2D eigenvalue weighted by Crippen LogP contribution is 2.24. The topological polar surface area (TPSA) is 51.2 Å². The van der Waals surface area contributed by atoms with E-state index in [1.165, 1.54) is 18.3 Å². The van der Waals surface area contributed by atoms with E-state index >= 15 is 0 Å². The van der Waals surface area contributed by atoms with Gasteiger partial charge >= 0.3 is 6.30 Å². The van der Waals surface area contributed by atoms with Crippen LogP contribution in [0.5, 0.6) is 11.5 Å². The number of rotatable bonds is 3. The lowest BCUT2D eigenvalue weighted by atomic mass is 10.3. The summed E-state index contributed by atoms with van der Waals surface area (Å²) in [6, 6.07) is 11.2. The number of amides is 1. The number of para-hydroxylation sites is 1. The van der Waals surface area contributed by atoms with Crippen LogP contribution in [0.4, 0.5) is 13.2 Å². The van der Waals surface area contributed by atoms with Gasteiger partial charge in [-0.2, -0.15) is 13.2 Å². The maximum atomic E-state index is 12.1. The van der Waals surface area contributed by atoms with Crippen molar-refractivity contribution in [3.63, 3.8) is 0 Å². The molecule has 1 amide bonds. The van der Waals surface area contributed by atoms with E-state index in [-0.39, 0.29) is 5.75 Å². The van der Waals surface area contributed by atoms with Crippen molar-refractivity contribution in [3.05, 3.63) is 54.4 Å². The SMILES string of the molecule is O=C(NC(F)(F)F)c1ncccc1Oc1ccccc1. The summed E-state index contributed by atoms with van der Waals surface area (Å²) < 4.78 is 41.8. The minimum Gasteiger partial charge on any atom is -0.455 e. The number of alkyl halides is 3. The number of halogens is 3. The summed E-state index contributed by atoms with van der Waals surface area (Å²) in [7, 11) is 0. The molecule has 0 fully saturated rings. The Morgan fingerprint density at radius 3 is 2.45 bits per heavy atom. The summed E-state index contributed by atoms with van der Waals surface area (Å²) in [5, 5.41) is 0.880. The smallest absolute Gasteiger partial charge is 0.455 e. The number of carbonyl (C=O) groups is 1. The Kier molecular flexibility index (Phi) is 3.88. The van der Waals surface area contributed by atoms with Crippen molar-refractivity contribution in [1.29, 1.82) is 0 Å². The predicted molar refractivity (Wildman–Crippen MR) is 64.3 cm³/mol. The van der Waals surface area contributed by atoms with Crippen molar-refractivity contribution in [2.24, 2.45) is 0 Å². The Morgan fingerprint density at radius 1 is 1.10 bits per heavy atom. The van der Waals surface area contributed by atoms with Gasteiger partial charge in [0.15, 0.2) is 11.4 Å². The molecule has 0 atom stereocenters. The molecule has 0 saturated heterocycles. The minimum absolute atomic E-state index is 0.0551. The zero-order chi connectivity index (χ0) is 14.6. The van der Waals surface area contributed by atoms with Gasteiger partial charge in [-0.1, -0.05) is 18.2 Å². The fraction of sp³-hybridized carbons (Fsp3) is 0.0769. The Morgan fingerprint density at radius 2 is 1.80 bits per heavy atom. The summed E-state index contributed by atoms with van der Waals surface area (Å²) in [5.41, 5.74) is -0.436. The Bertz CT molecular complexity index is 600. The molecule has 0 bridgehead atoms.